The number of pyridine rings is 1. The zero-order chi connectivity index (χ0) is 20.2. The summed E-state index contributed by atoms with van der Waals surface area (Å²) < 4.78 is 0. The van der Waals surface area contributed by atoms with Crippen LogP contribution in [0.2, 0.25) is 0 Å². The number of hydrogen-bond acceptors (Lipinski definition) is 6. The molecule has 0 bridgehead atoms. The van der Waals surface area contributed by atoms with E-state index < -0.39 is 0 Å². The van der Waals surface area contributed by atoms with Crippen molar-refractivity contribution in [2.24, 2.45) is 5.92 Å². The fraction of sp³-hybridized carbons (Fsp3) is 0.429. The molecule has 3 heterocycles. The smallest absolute Gasteiger partial charge is 0.271 e. The van der Waals surface area contributed by atoms with Crippen LogP contribution in [0.4, 0.5) is 5.69 Å². The minimum Gasteiger partial charge on any atom is -0.360 e. The van der Waals surface area contributed by atoms with Crippen LogP contribution in [0.25, 0.3) is 11.3 Å². The lowest BCUT2D eigenvalue weighted by Crippen LogP contribution is -2.62. The largest absolute Gasteiger partial charge is 0.360 e. The first-order valence-electron chi connectivity index (χ1n) is 10.0. The molecule has 1 saturated heterocycles. The van der Waals surface area contributed by atoms with E-state index in [0.717, 1.165) is 17.8 Å². The predicted octanol–water partition coefficient (Wildman–Crippen LogP) is 1.03. The second-order valence-electron chi connectivity index (χ2n) is 7.65. The molecule has 0 unspecified atom stereocenters. The summed E-state index contributed by atoms with van der Waals surface area (Å²) in [6, 6.07) is 3.88. The molecule has 2 aliphatic rings. The van der Waals surface area contributed by atoms with Crippen molar-refractivity contribution in [2.75, 3.05) is 38.1 Å². The summed E-state index contributed by atoms with van der Waals surface area (Å²) in [6.07, 6.45) is 10.7. The molecule has 1 aliphatic heterocycles. The maximum atomic E-state index is 12.7. The second kappa shape index (κ2) is 8.57. The Kier molecular flexibility index (Phi) is 5.71. The fourth-order valence-corrected chi connectivity index (χ4v) is 3.53. The lowest BCUT2D eigenvalue weighted by atomic mass is 10.0. The lowest BCUT2D eigenvalue weighted by molar-refractivity contribution is -0.130. The molecule has 1 amide bonds. The molecule has 0 spiro atoms. The minimum absolute atomic E-state index is 0.0199. The van der Waals surface area contributed by atoms with Gasteiger partial charge in [0.15, 0.2) is 0 Å². The third-order valence-corrected chi connectivity index (χ3v) is 5.42. The molecular weight excluding hydrogens is 368 g/mol. The number of amides is 1. The Bertz CT molecular complexity index is 932. The summed E-state index contributed by atoms with van der Waals surface area (Å²) in [4.78, 5) is 40.0. The molecule has 2 aromatic heterocycles. The maximum Gasteiger partial charge on any atom is 0.271 e. The molecule has 29 heavy (non-hydrogen) atoms. The number of aromatic amines is 1. The Balaban J connectivity index is 1.52. The number of carbonyl (C=O) groups is 1. The van der Waals surface area contributed by atoms with Crippen LogP contribution < -0.4 is 15.8 Å². The first kappa shape index (κ1) is 19.3. The molecule has 8 heteroatoms. The van der Waals surface area contributed by atoms with Crippen molar-refractivity contribution >= 4 is 11.6 Å². The van der Waals surface area contributed by atoms with E-state index in [0.29, 0.717) is 31.2 Å². The van der Waals surface area contributed by atoms with Gasteiger partial charge < -0.3 is 20.1 Å². The van der Waals surface area contributed by atoms with Crippen LogP contribution in [0.15, 0.2) is 47.8 Å². The number of nitrogens with one attached hydrogen (secondary N) is 2. The quantitative estimate of drug-likeness (QED) is 0.650. The van der Waals surface area contributed by atoms with E-state index in [-0.39, 0.29) is 17.5 Å². The van der Waals surface area contributed by atoms with Crippen LogP contribution in [0.5, 0.6) is 0 Å². The highest BCUT2D eigenvalue weighted by Crippen LogP contribution is 2.33. The van der Waals surface area contributed by atoms with E-state index in [2.05, 4.69) is 25.2 Å². The highest BCUT2D eigenvalue weighted by Gasteiger charge is 2.37. The van der Waals surface area contributed by atoms with E-state index in [9.17, 15) is 9.59 Å². The topological polar surface area (TPSA) is 94.2 Å². The number of H-pyrrole nitrogens is 1. The molecule has 0 radical (unpaired) electrons. The molecule has 0 aromatic carbocycles. The molecule has 2 fully saturated rings. The number of aromatic nitrogens is 3. The van der Waals surface area contributed by atoms with Crippen molar-refractivity contribution < 1.29 is 4.79 Å². The Morgan fingerprint density at radius 2 is 2.24 bits per heavy atom. The van der Waals surface area contributed by atoms with Gasteiger partial charge in [-0.25, -0.2) is 9.97 Å². The second-order valence-corrected chi connectivity index (χ2v) is 7.65. The van der Waals surface area contributed by atoms with Crippen molar-refractivity contribution in [1.29, 1.82) is 0 Å². The van der Waals surface area contributed by atoms with Crippen LogP contribution in [0.3, 0.4) is 0 Å². The van der Waals surface area contributed by atoms with Crippen LogP contribution >= 0.6 is 0 Å². The van der Waals surface area contributed by atoms with Gasteiger partial charge in [-0.3, -0.25) is 9.59 Å². The Labute approximate surface area is 169 Å². The third-order valence-electron chi connectivity index (χ3n) is 5.42. The summed E-state index contributed by atoms with van der Waals surface area (Å²) in [5.41, 5.74) is 2.16. The van der Waals surface area contributed by atoms with Crippen molar-refractivity contribution in [3.63, 3.8) is 0 Å². The van der Waals surface area contributed by atoms with E-state index in [1.54, 1.807) is 18.5 Å². The molecule has 1 saturated carbocycles. The highest BCUT2D eigenvalue weighted by molar-refractivity contribution is 5.88. The zero-order valence-corrected chi connectivity index (χ0v) is 16.5. The molecule has 152 valence electrons. The van der Waals surface area contributed by atoms with Crippen molar-refractivity contribution in [1.82, 2.24) is 25.2 Å². The summed E-state index contributed by atoms with van der Waals surface area (Å²) >= 11 is 0. The number of carbonyl (C=O) groups excluding carboxylic acids is 1. The minimum atomic E-state index is -0.109. The molecule has 4 rings (SSSR count). The number of hydrogen-bond donors (Lipinski definition) is 2. The Morgan fingerprint density at radius 1 is 1.41 bits per heavy atom. The van der Waals surface area contributed by atoms with E-state index in [4.69, 9.17) is 0 Å². The maximum absolute atomic E-state index is 12.7. The molecule has 2 N–H and O–H groups in total. The van der Waals surface area contributed by atoms with E-state index in [1.807, 2.05) is 30.2 Å². The summed E-state index contributed by atoms with van der Waals surface area (Å²) in [5, 5.41) is 2.99. The Hall–Kier alpha value is -3.00. The van der Waals surface area contributed by atoms with Crippen molar-refractivity contribution in [3.8, 4) is 11.3 Å². The van der Waals surface area contributed by atoms with Crippen LogP contribution in [0, 0.1) is 5.92 Å². The first-order chi connectivity index (χ1) is 14.2. The standard InChI is InChI=1S/C21H26N6O2/c1-22-7-2-3-20(28)26-12-17(13-26)27(11-15-4-5-15)19-9-16(10-24-21(19)29)18-6-8-23-14-25-18/h2-3,6,8-10,14-15,17,22H,4-5,7,11-13H2,1H3,(H,24,29)/b3-2+. The normalized spacial score (nSPS) is 16.8. The van der Waals surface area contributed by atoms with Gasteiger partial charge in [0.1, 0.15) is 12.0 Å². The number of rotatable bonds is 8. The SMILES string of the molecule is CNC/C=C/C(=O)N1CC(N(CC2CC2)c2cc(-c3ccncn3)c[nH]c2=O)C1. The Morgan fingerprint density at radius 3 is 2.93 bits per heavy atom. The highest BCUT2D eigenvalue weighted by atomic mass is 16.2. The van der Waals surface area contributed by atoms with Gasteiger partial charge in [-0.1, -0.05) is 6.08 Å². The van der Waals surface area contributed by atoms with Gasteiger partial charge in [0.05, 0.1) is 11.7 Å². The van der Waals surface area contributed by atoms with Gasteiger partial charge in [0.25, 0.3) is 5.56 Å². The number of nitrogens with zero attached hydrogens (tertiary/aromatic N) is 4. The molecule has 1 aliphatic carbocycles. The molecule has 8 nitrogen and oxygen atoms in total. The molecule has 0 atom stereocenters. The van der Waals surface area contributed by atoms with E-state index >= 15 is 0 Å². The summed E-state index contributed by atoms with van der Waals surface area (Å²) in [7, 11) is 1.84. The average Bonchev–Trinajstić information content (AvgIpc) is 3.52. The predicted molar refractivity (Wildman–Crippen MR) is 112 cm³/mol. The van der Waals surface area contributed by atoms with Gasteiger partial charge in [0, 0.05) is 50.2 Å². The number of likely N-dealkylation sites (tertiary alicyclic amines) is 1. The fourth-order valence-electron chi connectivity index (χ4n) is 3.53. The van der Waals surface area contributed by atoms with Gasteiger partial charge in [-0.2, -0.15) is 0 Å². The number of likely N-dealkylation sites (N-methyl/N-ethyl adjacent to an activating group) is 1. The van der Waals surface area contributed by atoms with E-state index in [1.165, 1.54) is 19.2 Å². The van der Waals surface area contributed by atoms with Crippen LogP contribution in [-0.2, 0) is 4.79 Å². The summed E-state index contributed by atoms with van der Waals surface area (Å²) in [5.74, 6) is 0.642. The van der Waals surface area contributed by atoms with Crippen molar-refractivity contribution in [3.05, 3.63) is 53.4 Å². The van der Waals surface area contributed by atoms with Crippen LogP contribution in [0.1, 0.15) is 12.8 Å². The average molecular weight is 394 g/mol. The number of anilines is 1. The molecule has 2 aromatic rings. The van der Waals surface area contributed by atoms with Gasteiger partial charge >= 0.3 is 0 Å². The van der Waals surface area contributed by atoms with Gasteiger partial charge in [0.2, 0.25) is 5.91 Å². The lowest BCUT2D eigenvalue weighted by Gasteiger charge is -2.46. The van der Waals surface area contributed by atoms with Crippen LogP contribution in [-0.4, -0.2) is 65.0 Å². The van der Waals surface area contributed by atoms with Crippen molar-refractivity contribution in [2.45, 2.75) is 18.9 Å². The zero-order valence-electron chi connectivity index (χ0n) is 16.5. The monoisotopic (exact) mass is 394 g/mol. The van der Waals surface area contributed by atoms with Gasteiger partial charge in [-0.15, -0.1) is 0 Å². The van der Waals surface area contributed by atoms with Gasteiger partial charge in [-0.05, 0) is 37.9 Å². The first-order valence-corrected chi connectivity index (χ1v) is 10.0. The molecular formula is C21H26N6O2. The summed E-state index contributed by atoms with van der Waals surface area (Å²) in [6.45, 7) is 2.78. The third kappa shape index (κ3) is 4.54.